The molecule has 2 aromatic carbocycles. The maximum atomic E-state index is 12.8. The Labute approximate surface area is 171 Å². The fourth-order valence-corrected chi connectivity index (χ4v) is 5.90. The Morgan fingerprint density at radius 2 is 1.72 bits per heavy atom. The first kappa shape index (κ1) is 18.8. The number of fused-ring (bicyclic) bond motifs is 1. The predicted octanol–water partition coefficient (Wildman–Crippen LogP) is 2.27. The number of rotatable bonds is 3. The van der Waals surface area contributed by atoms with Crippen molar-refractivity contribution in [2.24, 2.45) is 5.92 Å². The molecule has 1 spiro atoms. The molecule has 3 aliphatic rings. The third-order valence-corrected chi connectivity index (χ3v) is 7.41. The molecule has 2 aliphatic heterocycles. The number of anilines is 1. The van der Waals surface area contributed by atoms with Crippen molar-refractivity contribution < 1.29 is 15.0 Å². The zero-order chi connectivity index (χ0) is 20.2. The van der Waals surface area contributed by atoms with Crippen LogP contribution in [0.4, 0.5) is 5.69 Å². The highest BCUT2D eigenvalue weighted by Gasteiger charge is 2.63. The molecule has 1 amide bonds. The number of hydrogen-bond acceptors (Lipinski definition) is 4. The van der Waals surface area contributed by atoms with Crippen LogP contribution in [0.2, 0.25) is 0 Å². The molecule has 0 radical (unpaired) electrons. The van der Waals surface area contributed by atoms with Crippen LogP contribution in [0.1, 0.15) is 29.5 Å². The number of nitrogens with zero attached hydrogens (tertiary/aromatic N) is 2. The summed E-state index contributed by atoms with van der Waals surface area (Å²) < 4.78 is 0. The number of amides is 1. The van der Waals surface area contributed by atoms with Gasteiger partial charge in [0, 0.05) is 24.8 Å². The fourth-order valence-electron chi connectivity index (χ4n) is 5.90. The number of piperidine rings is 1. The summed E-state index contributed by atoms with van der Waals surface area (Å²) in [6.45, 7) is 3.94. The molecule has 0 saturated carbocycles. The van der Waals surface area contributed by atoms with Crippen molar-refractivity contribution in [3.05, 3.63) is 65.2 Å². The molecule has 5 heteroatoms. The lowest BCUT2D eigenvalue weighted by Gasteiger charge is -2.61. The Hall–Kier alpha value is -2.21. The standard InChI is InChI=1S/C24H28N2O3/c1-16-6-5-7-17-14-19(15-20(16)17)25-12-10-24(11-13-25)21(23(28)29)22(27)26(24)18-8-3-2-4-9-18/h2-9,19,21,23,28-29H,10-15H2,1H3. The van der Waals surface area contributed by atoms with Gasteiger partial charge in [0.1, 0.15) is 5.92 Å². The Morgan fingerprint density at radius 3 is 2.38 bits per heavy atom. The van der Waals surface area contributed by atoms with Gasteiger partial charge in [0.25, 0.3) is 0 Å². The zero-order valence-electron chi connectivity index (χ0n) is 16.8. The first-order valence-electron chi connectivity index (χ1n) is 10.6. The average Bonchev–Trinajstić information content (AvgIpc) is 3.14. The van der Waals surface area contributed by atoms with Crippen LogP contribution in [-0.2, 0) is 17.6 Å². The summed E-state index contributed by atoms with van der Waals surface area (Å²) >= 11 is 0. The Kier molecular flexibility index (Phi) is 4.50. The van der Waals surface area contributed by atoms with Crippen LogP contribution in [0.15, 0.2) is 48.5 Å². The van der Waals surface area contributed by atoms with Crippen molar-refractivity contribution in [2.45, 2.75) is 50.5 Å². The van der Waals surface area contributed by atoms with Crippen molar-refractivity contribution in [1.29, 1.82) is 0 Å². The maximum Gasteiger partial charge on any atom is 0.238 e. The lowest BCUT2D eigenvalue weighted by molar-refractivity contribution is -0.170. The molecule has 2 atom stereocenters. The Morgan fingerprint density at radius 1 is 1.00 bits per heavy atom. The number of aliphatic hydroxyl groups is 2. The van der Waals surface area contributed by atoms with Crippen molar-refractivity contribution in [1.82, 2.24) is 4.90 Å². The van der Waals surface area contributed by atoms with Crippen LogP contribution in [0.5, 0.6) is 0 Å². The van der Waals surface area contributed by atoms with E-state index in [0.29, 0.717) is 6.04 Å². The number of β-lactam (4-membered cyclic amide) rings is 1. The van der Waals surface area contributed by atoms with Crippen LogP contribution >= 0.6 is 0 Å². The third-order valence-electron chi connectivity index (χ3n) is 7.41. The van der Waals surface area contributed by atoms with Crippen molar-refractivity contribution in [3.63, 3.8) is 0 Å². The second-order valence-electron chi connectivity index (χ2n) is 8.81. The minimum absolute atomic E-state index is 0.177. The summed E-state index contributed by atoms with van der Waals surface area (Å²) in [5.74, 6) is -0.906. The second kappa shape index (κ2) is 6.94. The predicted molar refractivity (Wildman–Crippen MR) is 112 cm³/mol. The van der Waals surface area contributed by atoms with Gasteiger partial charge in [0.15, 0.2) is 6.29 Å². The Bertz CT molecular complexity index is 919. The van der Waals surface area contributed by atoms with Gasteiger partial charge in [0.05, 0.1) is 5.54 Å². The minimum atomic E-state index is -1.60. The smallest absolute Gasteiger partial charge is 0.238 e. The molecule has 2 aromatic rings. The molecule has 29 heavy (non-hydrogen) atoms. The quantitative estimate of drug-likeness (QED) is 0.621. The van der Waals surface area contributed by atoms with Crippen LogP contribution in [0.25, 0.3) is 0 Å². The lowest BCUT2D eigenvalue weighted by atomic mass is 9.66. The van der Waals surface area contributed by atoms with Crippen LogP contribution in [0.3, 0.4) is 0 Å². The maximum absolute atomic E-state index is 12.8. The monoisotopic (exact) mass is 392 g/mol. The summed E-state index contributed by atoms with van der Waals surface area (Å²) in [7, 11) is 0. The van der Waals surface area contributed by atoms with Gasteiger partial charge < -0.3 is 15.1 Å². The molecule has 2 heterocycles. The summed E-state index contributed by atoms with van der Waals surface area (Å²) in [5, 5.41) is 19.9. The SMILES string of the molecule is Cc1cccc2c1CC(N1CCC3(CC1)C(C(O)O)C(=O)N3c1ccccc1)C2. The number of hydrogen-bond donors (Lipinski definition) is 2. The highest BCUT2D eigenvalue weighted by molar-refractivity contribution is 6.05. The molecule has 2 unspecified atom stereocenters. The molecular formula is C24H28N2O3. The number of aliphatic hydroxyl groups excluding tert-OH is 1. The van der Waals surface area contributed by atoms with E-state index in [4.69, 9.17) is 0 Å². The van der Waals surface area contributed by atoms with Gasteiger partial charge in [-0.05, 0) is 61.4 Å². The van der Waals surface area contributed by atoms with E-state index in [0.717, 1.165) is 44.5 Å². The van der Waals surface area contributed by atoms with E-state index in [1.165, 1.54) is 16.7 Å². The molecular weight excluding hydrogens is 364 g/mol. The summed E-state index contributed by atoms with van der Waals surface area (Å²) in [6.07, 6.45) is 2.09. The minimum Gasteiger partial charge on any atom is -0.367 e. The lowest BCUT2D eigenvalue weighted by Crippen LogP contribution is -2.77. The first-order chi connectivity index (χ1) is 14.0. The normalized spacial score (nSPS) is 26.1. The summed E-state index contributed by atoms with van der Waals surface area (Å²) in [6, 6.07) is 16.7. The molecule has 152 valence electrons. The van der Waals surface area contributed by atoms with Crippen LogP contribution < -0.4 is 4.90 Å². The fraction of sp³-hybridized carbons (Fsp3) is 0.458. The zero-order valence-corrected chi connectivity index (χ0v) is 16.8. The topological polar surface area (TPSA) is 64.0 Å². The van der Waals surface area contributed by atoms with E-state index in [2.05, 4.69) is 30.0 Å². The molecule has 5 nitrogen and oxygen atoms in total. The molecule has 1 aliphatic carbocycles. The molecule has 0 aromatic heterocycles. The summed E-state index contributed by atoms with van der Waals surface area (Å²) in [5.41, 5.74) is 4.69. The number of benzene rings is 2. The van der Waals surface area contributed by atoms with Gasteiger partial charge >= 0.3 is 0 Å². The van der Waals surface area contributed by atoms with Gasteiger partial charge in [0.2, 0.25) is 5.91 Å². The highest BCUT2D eigenvalue weighted by Crippen LogP contribution is 2.49. The number of carbonyl (C=O) groups excluding carboxylic acids is 1. The van der Waals surface area contributed by atoms with Crippen molar-refractivity contribution in [3.8, 4) is 0 Å². The summed E-state index contributed by atoms with van der Waals surface area (Å²) in [4.78, 5) is 17.2. The van der Waals surface area contributed by atoms with Crippen LogP contribution in [0, 0.1) is 12.8 Å². The van der Waals surface area contributed by atoms with Crippen LogP contribution in [-0.4, -0.2) is 52.0 Å². The largest absolute Gasteiger partial charge is 0.367 e. The number of carbonyl (C=O) groups is 1. The molecule has 2 fully saturated rings. The van der Waals surface area contributed by atoms with E-state index >= 15 is 0 Å². The molecule has 2 N–H and O–H groups in total. The van der Waals surface area contributed by atoms with Crippen molar-refractivity contribution in [2.75, 3.05) is 18.0 Å². The van der Waals surface area contributed by atoms with Gasteiger partial charge in [-0.25, -0.2) is 0 Å². The number of para-hydroxylation sites is 1. The highest BCUT2D eigenvalue weighted by atomic mass is 16.5. The third kappa shape index (κ3) is 2.83. The number of aryl methyl sites for hydroxylation is 1. The molecule has 5 rings (SSSR count). The second-order valence-corrected chi connectivity index (χ2v) is 8.81. The van der Waals surface area contributed by atoms with E-state index in [1.54, 1.807) is 0 Å². The Balaban J connectivity index is 1.35. The van der Waals surface area contributed by atoms with E-state index in [9.17, 15) is 15.0 Å². The first-order valence-corrected chi connectivity index (χ1v) is 10.6. The van der Waals surface area contributed by atoms with Gasteiger partial charge in [-0.3, -0.25) is 9.69 Å². The molecule has 2 saturated heterocycles. The van der Waals surface area contributed by atoms with Gasteiger partial charge in [-0.1, -0.05) is 36.4 Å². The van der Waals surface area contributed by atoms with E-state index in [-0.39, 0.29) is 5.91 Å². The molecule has 0 bridgehead atoms. The van der Waals surface area contributed by atoms with Crippen molar-refractivity contribution >= 4 is 11.6 Å². The number of likely N-dealkylation sites (tertiary alicyclic amines) is 1. The van der Waals surface area contributed by atoms with E-state index in [1.807, 2.05) is 35.2 Å². The average molecular weight is 392 g/mol. The van der Waals surface area contributed by atoms with Gasteiger partial charge in [-0.15, -0.1) is 0 Å². The van der Waals surface area contributed by atoms with Gasteiger partial charge in [-0.2, -0.15) is 0 Å². The van der Waals surface area contributed by atoms with E-state index < -0.39 is 17.7 Å².